The standard InChI is InChI=1S/C6H10N6O/c7-5(12-6(8)13)10-2-4-1-9-3-11-4/h1,3H,2H2,(H,9,11)(H5,7,8,10,12,13). The number of primary amides is 1. The zero-order chi connectivity index (χ0) is 9.68. The first kappa shape index (κ1) is 9.04. The molecule has 2 amide bonds. The van der Waals surface area contributed by atoms with Gasteiger partial charge in [-0.3, -0.25) is 5.32 Å². The molecule has 0 unspecified atom stereocenters. The van der Waals surface area contributed by atoms with Gasteiger partial charge in [0, 0.05) is 6.20 Å². The fourth-order valence-corrected chi connectivity index (χ4v) is 0.707. The number of guanidine groups is 1. The first-order valence-electron chi connectivity index (χ1n) is 3.52. The van der Waals surface area contributed by atoms with Crippen LogP contribution in [0.2, 0.25) is 0 Å². The van der Waals surface area contributed by atoms with Crippen LogP contribution in [0.3, 0.4) is 0 Å². The van der Waals surface area contributed by atoms with E-state index in [4.69, 9.17) is 11.5 Å². The van der Waals surface area contributed by atoms with Crippen LogP contribution < -0.4 is 16.8 Å². The van der Waals surface area contributed by atoms with Crippen molar-refractivity contribution in [1.82, 2.24) is 15.3 Å². The zero-order valence-corrected chi connectivity index (χ0v) is 6.82. The average molecular weight is 182 g/mol. The van der Waals surface area contributed by atoms with Crippen LogP contribution in [-0.2, 0) is 6.54 Å². The summed E-state index contributed by atoms with van der Waals surface area (Å²) in [6.45, 7) is 0.326. The van der Waals surface area contributed by atoms with Gasteiger partial charge in [-0.2, -0.15) is 0 Å². The lowest BCUT2D eigenvalue weighted by Crippen LogP contribution is -2.40. The number of imidazole rings is 1. The van der Waals surface area contributed by atoms with E-state index in [1.54, 1.807) is 6.20 Å². The zero-order valence-electron chi connectivity index (χ0n) is 6.82. The second-order valence-electron chi connectivity index (χ2n) is 2.27. The fraction of sp³-hybridized carbons (Fsp3) is 0.167. The summed E-state index contributed by atoms with van der Waals surface area (Å²) in [4.78, 5) is 20.7. The van der Waals surface area contributed by atoms with Gasteiger partial charge in [0.2, 0.25) is 0 Å². The quantitative estimate of drug-likeness (QED) is 0.342. The van der Waals surface area contributed by atoms with E-state index in [0.717, 1.165) is 5.69 Å². The SMILES string of the molecule is NC(=O)NC(N)=NCc1cnc[nH]1. The van der Waals surface area contributed by atoms with Crippen molar-refractivity contribution in [2.24, 2.45) is 16.5 Å². The van der Waals surface area contributed by atoms with Gasteiger partial charge in [-0.05, 0) is 0 Å². The number of carbonyl (C=O) groups excluding carboxylic acids is 1. The number of aromatic nitrogens is 2. The Balaban J connectivity index is 2.43. The molecule has 0 aliphatic carbocycles. The third-order valence-electron chi connectivity index (χ3n) is 1.23. The minimum Gasteiger partial charge on any atom is -0.370 e. The Morgan fingerprint density at radius 3 is 3.00 bits per heavy atom. The average Bonchev–Trinajstić information content (AvgIpc) is 2.51. The summed E-state index contributed by atoms with van der Waals surface area (Å²) in [7, 11) is 0. The predicted molar refractivity (Wildman–Crippen MR) is 46.6 cm³/mol. The number of aromatic amines is 1. The second-order valence-corrected chi connectivity index (χ2v) is 2.27. The summed E-state index contributed by atoms with van der Waals surface area (Å²) in [6.07, 6.45) is 3.14. The highest BCUT2D eigenvalue weighted by Crippen LogP contribution is 1.92. The van der Waals surface area contributed by atoms with Gasteiger partial charge in [-0.1, -0.05) is 0 Å². The number of carbonyl (C=O) groups is 1. The molecule has 0 saturated heterocycles. The lowest BCUT2D eigenvalue weighted by atomic mass is 10.5. The number of rotatable bonds is 2. The predicted octanol–water partition coefficient (Wildman–Crippen LogP) is -1.11. The Kier molecular flexibility index (Phi) is 2.85. The van der Waals surface area contributed by atoms with Crippen LogP contribution in [0.1, 0.15) is 5.69 Å². The van der Waals surface area contributed by atoms with Gasteiger partial charge in [0.05, 0.1) is 18.6 Å². The Morgan fingerprint density at radius 1 is 1.69 bits per heavy atom. The minimum absolute atomic E-state index is 0.0119. The molecular formula is C6H10N6O. The topological polar surface area (TPSA) is 122 Å². The summed E-state index contributed by atoms with van der Waals surface area (Å²) in [5.74, 6) is -0.0119. The number of nitrogens with one attached hydrogen (secondary N) is 2. The third-order valence-corrected chi connectivity index (χ3v) is 1.23. The van der Waals surface area contributed by atoms with E-state index in [0.29, 0.717) is 6.54 Å². The van der Waals surface area contributed by atoms with Crippen molar-refractivity contribution in [2.75, 3.05) is 0 Å². The number of nitrogens with two attached hydrogens (primary N) is 2. The van der Waals surface area contributed by atoms with Crippen molar-refractivity contribution in [3.63, 3.8) is 0 Å². The first-order valence-corrected chi connectivity index (χ1v) is 3.52. The van der Waals surface area contributed by atoms with Crippen molar-refractivity contribution in [3.05, 3.63) is 18.2 Å². The van der Waals surface area contributed by atoms with Crippen LogP contribution in [-0.4, -0.2) is 22.0 Å². The van der Waals surface area contributed by atoms with Gasteiger partial charge in [0.1, 0.15) is 0 Å². The molecule has 13 heavy (non-hydrogen) atoms. The minimum atomic E-state index is -0.731. The van der Waals surface area contributed by atoms with Crippen LogP contribution in [0, 0.1) is 0 Å². The van der Waals surface area contributed by atoms with Crippen molar-refractivity contribution >= 4 is 12.0 Å². The molecule has 1 heterocycles. The number of hydrogen-bond donors (Lipinski definition) is 4. The van der Waals surface area contributed by atoms with Gasteiger partial charge in [0.25, 0.3) is 0 Å². The van der Waals surface area contributed by atoms with Crippen LogP contribution in [0.4, 0.5) is 4.79 Å². The van der Waals surface area contributed by atoms with Crippen LogP contribution >= 0.6 is 0 Å². The highest BCUT2D eigenvalue weighted by molar-refractivity contribution is 5.94. The maximum Gasteiger partial charge on any atom is 0.318 e. The van der Waals surface area contributed by atoms with E-state index >= 15 is 0 Å². The smallest absolute Gasteiger partial charge is 0.318 e. The maximum atomic E-state index is 10.3. The molecule has 0 aromatic carbocycles. The lowest BCUT2D eigenvalue weighted by Gasteiger charge is -1.98. The van der Waals surface area contributed by atoms with Gasteiger partial charge in [-0.15, -0.1) is 0 Å². The van der Waals surface area contributed by atoms with Gasteiger partial charge >= 0.3 is 6.03 Å². The molecule has 0 radical (unpaired) electrons. The van der Waals surface area contributed by atoms with Crippen molar-refractivity contribution < 1.29 is 4.79 Å². The fourth-order valence-electron chi connectivity index (χ4n) is 0.707. The second kappa shape index (κ2) is 4.10. The Hall–Kier alpha value is -2.05. The van der Waals surface area contributed by atoms with Gasteiger partial charge in [-0.25, -0.2) is 14.8 Å². The molecule has 0 spiro atoms. The number of nitrogens with zero attached hydrogens (tertiary/aromatic N) is 2. The Labute approximate surface area is 74.2 Å². The number of aliphatic imine (C=N–C) groups is 1. The summed E-state index contributed by atoms with van der Waals surface area (Å²) in [5.41, 5.74) is 10.9. The van der Waals surface area contributed by atoms with Crippen LogP contribution in [0.15, 0.2) is 17.5 Å². The number of urea groups is 1. The highest BCUT2D eigenvalue weighted by atomic mass is 16.2. The van der Waals surface area contributed by atoms with Crippen molar-refractivity contribution in [1.29, 1.82) is 0 Å². The molecule has 1 rings (SSSR count). The third kappa shape index (κ3) is 3.23. The monoisotopic (exact) mass is 182 g/mol. The Morgan fingerprint density at radius 2 is 2.46 bits per heavy atom. The van der Waals surface area contributed by atoms with Crippen LogP contribution in [0.25, 0.3) is 0 Å². The van der Waals surface area contributed by atoms with Crippen molar-refractivity contribution in [2.45, 2.75) is 6.54 Å². The molecule has 0 fully saturated rings. The van der Waals surface area contributed by atoms with E-state index in [2.05, 4.69) is 20.3 Å². The van der Waals surface area contributed by atoms with E-state index < -0.39 is 6.03 Å². The molecule has 7 heteroatoms. The van der Waals surface area contributed by atoms with E-state index in [1.807, 2.05) is 0 Å². The molecule has 70 valence electrons. The molecule has 6 N–H and O–H groups in total. The molecule has 1 aromatic rings. The molecule has 0 atom stereocenters. The van der Waals surface area contributed by atoms with Gasteiger partial charge < -0.3 is 16.5 Å². The molecule has 1 aromatic heterocycles. The highest BCUT2D eigenvalue weighted by Gasteiger charge is 1.95. The molecule has 0 bridgehead atoms. The normalized spacial score (nSPS) is 11.2. The largest absolute Gasteiger partial charge is 0.370 e. The molecule has 0 aliphatic heterocycles. The van der Waals surface area contributed by atoms with E-state index in [-0.39, 0.29) is 5.96 Å². The number of H-pyrrole nitrogens is 1. The number of amides is 2. The molecule has 0 aliphatic rings. The lowest BCUT2D eigenvalue weighted by molar-refractivity contribution is 0.253. The first-order chi connectivity index (χ1) is 6.18. The van der Waals surface area contributed by atoms with Crippen LogP contribution in [0.5, 0.6) is 0 Å². The van der Waals surface area contributed by atoms with E-state index in [1.165, 1.54) is 6.33 Å². The molecule has 0 saturated carbocycles. The summed E-state index contributed by atoms with van der Waals surface area (Å²) < 4.78 is 0. The number of hydrogen-bond acceptors (Lipinski definition) is 3. The molecular weight excluding hydrogens is 172 g/mol. The molecule has 7 nitrogen and oxygen atoms in total. The van der Waals surface area contributed by atoms with Crippen molar-refractivity contribution in [3.8, 4) is 0 Å². The summed E-state index contributed by atoms with van der Waals surface area (Å²) in [5, 5.41) is 2.14. The summed E-state index contributed by atoms with van der Waals surface area (Å²) in [6, 6.07) is -0.731. The Bertz CT molecular complexity index is 303. The maximum absolute atomic E-state index is 10.3. The van der Waals surface area contributed by atoms with Gasteiger partial charge in [0.15, 0.2) is 5.96 Å². The van der Waals surface area contributed by atoms with E-state index in [9.17, 15) is 4.79 Å². The summed E-state index contributed by atoms with van der Waals surface area (Å²) >= 11 is 0.